The number of esters is 1. The lowest BCUT2D eigenvalue weighted by Gasteiger charge is -2.11. The van der Waals surface area contributed by atoms with E-state index in [-0.39, 0.29) is 11.6 Å². The number of benzene rings is 1. The highest BCUT2D eigenvalue weighted by atomic mass is 32.2. The first-order chi connectivity index (χ1) is 12.5. The Bertz CT molecular complexity index is 986. The van der Waals surface area contributed by atoms with Crippen LogP contribution >= 0.6 is 11.3 Å². The minimum atomic E-state index is -2.05. The summed E-state index contributed by atoms with van der Waals surface area (Å²) in [6, 6.07) is 7.38. The molecule has 3 aromatic rings. The van der Waals surface area contributed by atoms with Crippen molar-refractivity contribution >= 4 is 38.6 Å². The number of carbonyl (C=O) groups is 1. The van der Waals surface area contributed by atoms with E-state index in [0.29, 0.717) is 33.2 Å². The van der Waals surface area contributed by atoms with Crippen LogP contribution in [0.4, 0.5) is 0 Å². The zero-order chi connectivity index (χ0) is 18.7. The van der Waals surface area contributed by atoms with E-state index in [0.717, 1.165) is 5.56 Å². The maximum Gasteiger partial charge on any atom is 0.308 e. The molecule has 9 heteroatoms. The summed E-state index contributed by atoms with van der Waals surface area (Å²) in [5, 5.41) is 0.385. The van der Waals surface area contributed by atoms with Crippen molar-refractivity contribution in [3.63, 3.8) is 0 Å². The molecule has 2 heterocycles. The highest BCUT2D eigenvalue weighted by molar-refractivity contribution is 7.78. The normalized spacial score (nSPS) is 12.1. The van der Waals surface area contributed by atoms with Gasteiger partial charge < -0.3 is 14.0 Å². The Morgan fingerprint density at radius 2 is 2.12 bits per heavy atom. The van der Waals surface area contributed by atoms with Gasteiger partial charge in [-0.25, -0.2) is 14.2 Å². The number of rotatable bonds is 6. The molecule has 0 radical (unpaired) electrons. The summed E-state index contributed by atoms with van der Waals surface area (Å²) in [6.45, 7) is 3.69. The highest BCUT2D eigenvalue weighted by Gasteiger charge is 2.22. The molecule has 3 rings (SSSR count). The third-order valence-electron chi connectivity index (χ3n) is 3.39. The number of hydrogen-bond acceptors (Lipinski definition) is 7. The van der Waals surface area contributed by atoms with Gasteiger partial charge in [-0.2, -0.15) is 0 Å². The first-order valence-electron chi connectivity index (χ1n) is 7.76. The van der Waals surface area contributed by atoms with Gasteiger partial charge in [-0.3, -0.25) is 4.79 Å². The van der Waals surface area contributed by atoms with Crippen LogP contribution in [0.3, 0.4) is 0 Å². The standard InChI is InChI=1S/C17H16N2O5S2/c1-3-23-12-7-5-4-6-11(12)15-16-13(25-17(15)24-10(2)20)8-18-14(19-16)9-26(21)22/h4-8H,3,9H2,1-2H3,(H,21,22). The summed E-state index contributed by atoms with van der Waals surface area (Å²) in [5.41, 5.74) is 1.89. The molecule has 0 aliphatic heterocycles. The van der Waals surface area contributed by atoms with Crippen LogP contribution in [-0.2, 0) is 21.6 Å². The van der Waals surface area contributed by atoms with Gasteiger partial charge in [0.15, 0.2) is 16.1 Å². The Labute approximate surface area is 156 Å². The SMILES string of the molecule is CCOc1ccccc1-c1c(OC(C)=O)sc2cnc(CS(=O)O)nc12. The third kappa shape index (κ3) is 3.90. The summed E-state index contributed by atoms with van der Waals surface area (Å²) in [5.74, 6) is 0.243. The maximum atomic E-state index is 11.5. The van der Waals surface area contributed by atoms with Crippen LogP contribution in [0.1, 0.15) is 19.7 Å². The van der Waals surface area contributed by atoms with E-state index < -0.39 is 17.0 Å². The molecule has 0 aliphatic carbocycles. The minimum Gasteiger partial charge on any atom is -0.493 e. The summed E-state index contributed by atoms with van der Waals surface area (Å²) in [7, 11) is 0. The fourth-order valence-electron chi connectivity index (χ4n) is 2.48. The first-order valence-corrected chi connectivity index (χ1v) is 9.85. The predicted octanol–water partition coefficient (Wildman–Crippen LogP) is 3.40. The number of ether oxygens (including phenoxy) is 2. The maximum absolute atomic E-state index is 11.5. The van der Waals surface area contributed by atoms with Crippen LogP contribution in [0.15, 0.2) is 30.5 Å². The topological polar surface area (TPSA) is 98.6 Å². The Kier molecular flexibility index (Phi) is 5.60. The third-order valence-corrected chi connectivity index (χ3v) is 4.89. The quantitative estimate of drug-likeness (QED) is 0.507. The Balaban J connectivity index is 2.25. The number of hydrogen-bond donors (Lipinski definition) is 1. The molecule has 0 saturated carbocycles. The second kappa shape index (κ2) is 7.90. The van der Waals surface area contributed by atoms with Gasteiger partial charge in [0.1, 0.15) is 17.3 Å². The zero-order valence-corrected chi connectivity index (χ0v) is 15.7. The molecule has 1 N–H and O–H groups in total. The van der Waals surface area contributed by atoms with Gasteiger partial charge in [0.25, 0.3) is 0 Å². The second-order valence-electron chi connectivity index (χ2n) is 5.25. The molecule has 0 amide bonds. The van der Waals surface area contributed by atoms with Gasteiger partial charge in [0.2, 0.25) is 0 Å². The number of nitrogens with zero attached hydrogens (tertiary/aromatic N) is 2. The number of thiophene rings is 1. The summed E-state index contributed by atoms with van der Waals surface area (Å²) >= 11 is -0.812. The molecule has 26 heavy (non-hydrogen) atoms. The lowest BCUT2D eigenvalue weighted by molar-refractivity contribution is -0.131. The van der Waals surface area contributed by atoms with E-state index in [1.165, 1.54) is 18.3 Å². The molecule has 0 aliphatic rings. The van der Waals surface area contributed by atoms with Crippen LogP contribution in [0, 0.1) is 0 Å². The van der Waals surface area contributed by atoms with E-state index >= 15 is 0 Å². The van der Waals surface area contributed by atoms with E-state index in [1.807, 2.05) is 31.2 Å². The lowest BCUT2D eigenvalue weighted by atomic mass is 10.1. The molecule has 0 bridgehead atoms. The minimum absolute atomic E-state index is 0.179. The van der Waals surface area contributed by atoms with E-state index in [9.17, 15) is 9.00 Å². The smallest absolute Gasteiger partial charge is 0.308 e. The van der Waals surface area contributed by atoms with E-state index in [1.54, 1.807) is 6.20 Å². The predicted molar refractivity (Wildman–Crippen MR) is 99.8 cm³/mol. The molecule has 1 aromatic carbocycles. The summed E-state index contributed by atoms with van der Waals surface area (Å²) in [4.78, 5) is 20.1. The number of carbonyl (C=O) groups excluding carboxylic acids is 1. The van der Waals surface area contributed by atoms with Crippen molar-refractivity contribution in [1.29, 1.82) is 0 Å². The van der Waals surface area contributed by atoms with Crippen molar-refractivity contribution in [3.05, 3.63) is 36.3 Å². The van der Waals surface area contributed by atoms with Crippen LogP contribution in [0.25, 0.3) is 21.3 Å². The average molecular weight is 392 g/mol. The molecule has 0 spiro atoms. The number of aromatic nitrogens is 2. The summed E-state index contributed by atoms with van der Waals surface area (Å²) in [6.07, 6.45) is 1.56. The fourth-order valence-corrected chi connectivity index (χ4v) is 3.86. The molecule has 2 aromatic heterocycles. The highest BCUT2D eigenvalue weighted by Crippen LogP contribution is 2.46. The Morgan fingerprint density at radius 3 is 2.81 bits per heavy atom. The molecule has 7 nitrogen and oxygen atoms in total. The zero-order valence-electron chi connectivity index (χ0n) is 14.1. The van der Waals surface area contributed by atoms with E-state index in [4.69, 9.17) is 14.0 Å². The van der Waals surface area contributed by atoms with Crippen LogP contribution in [-0.4, -0.2) is 31.3 Å². The molecule has 0 saturated heterocycles. The first kappa shape index (κ1) is 18.4. The largest absolute Gasteiger partial charge is 0.493 e. The molecule has 136 valence electrons. The van der Waals surface area contributed by atoms with Crippen LogP contribution < -0.4 is 9.47 Å². The fraction of sp³-hybridized carbons (Fsp3) is 0.235. The van der Waals surface area contributed by atoms with Crippen molar-refractivity contribution < 1.29 is 23.0 Å². The van der Waals surface area contributed by atoms with Gasteiger partial charge in [-0.15, -0.1) is 0 Å². The van der Waals surface area contributed by atoms with Crippen molar-refractivity contribution in [3.8, 4) is 21.9 Å². The molecule has 0 fully saturated rings. The van der Waals surface area contributed by atoms with Gasteiger partial charge in [0.05, 0.1) is 22.4 Å². The van der Waals surface area contributed by atoms with Gasteiger partial charge >= 0.3 is 5.97 Å². The molecular formula is C17H16N2O5S2. The van der Waals surface area contributed by atoms with Crippen molar-refractivity contribution in [2.45, 2.75) is 19.6 Å². The van der Waals surface area contributed by atoms with Gasteiger partial charge in [-0.05, 0) is 13.0 Å². The number of fused-ring (bicyclic) bond motifs is 1. The van der Waals surface area contributed by atoms with E-state index in [2.05, 4.69) is 9.97 Å². The lowest BCUT2D eigenvalue weighted by Crippen LogP contribution is -2.02. The van der Waals surface area contributed by atoms with Crippen LogP contribution in [0.2, 0.25) is 0 Å². The van der Waals surface area contributed by atoms with Crippen molar-refractivity contribution in [2.24, 2.45) is 0 Å². The Hall–Kier alpha value is -2.36. The molecular weight excluding hydrogens is 376 g/mol. The summed E-state index contributed by atoms with van der Waals surface area (Å²) < 4.78 is 32.0. The Morgan fingerprint density at radius 1 is 1.35 bits per heavy atom. The van der Waals surface area contributed by atoms with Gasteiger partial charge in [0, 0.05) is 18.7 Å². The molecule has 1 unspecified atom stereocenters. The average Bonchev–Trinajstić information content (AvgIpc) is 2.91. The van der Waals surface area contributed by atoms with Crippen molar-refractivity contribution in [1.82, 2.24) is 9.97 Å². The monoisotopic (exact) mass is 392 g/mol. The number of para-hydroxylation sites is 1. The second-order valence-corrected chi connectivity index (χ2v) is 7.20. The molecule has 1 atom stereocenters. The van der Waals surface area contributed by atoms with Gasteiger partial charge in [-0.1, -0.05) is 29.5 Å². The van der Waals surface area contributed by atoms with Crippen molar-refractivity contribution in [2.75, 3.05) is 6.61 Å². The van der Waals surface area contributed by atoms with Crippen LogP contribution in [0.5, 0.6) is 10.8 Å².